The zero-order chi connectivity index (χ0) is 21.8. The molecule has 0 fully saturated rings. The minimum atomic E-state index is -0.710. The van der Waals surface area contributed by atoms with Gasteiger partial charge in [-0.15, -0.1) is 0 Å². The number of hydrogen-bond donors (Lipinski definition) is 2. The third-order valence-electron chi connectivity index (χ3n) is 4.41. The van der Waals surface area contributed by atoms with Gasteiger partial charge in [-0.05, 0) is 36.8 Å². The van der Waals surface area contributed by atoms with Crippen molar-refractivity contribution in [2.24, 2.45) is 0 Å². The molecule has 0 amide bonds. The molecule has 0 atom stereocenters. The molecule has 0 saturated heterocycles. The smallest absolute Gasteiger partial charge is 0.343 e. The molecule has 3 rings (SSSR count). The van der Waals surface area contributed by atoms with Gasteiger partial charge in [-0.1, -0.05) is 23.8 Å². The second-order valence-electron chi connectivity index (χ2n) is 6.34. The number of carbonyl (C=O) groups excluding carboxylic acids is 1. The van der Waals surface area contributed by atoms with E-state index < -0.39 is 11.5 Å². The fraction of sp³-hybridized carbons (Fsp3) is 0.0909. The molecule has 1 heterocycles. The van der Waals surface area contributed by atoms with Crippen LogP contribution >= 0.6 is 0 Å². The molecule has 3 N–H and O–H groups in total. The van der Waals surface area contributed by atoms with Gasteiger partial charge in [0.25, 0.3) is 5.56 Å². The summed E-state index contributed by atoms with van der Waals surface area (Å²) in [4.78, 5) is 26.8. The predicted molar refractivity (Wildman–Crippen MR) is 109 cm³/mol. The van der Waals surface area contributed by atoms with Crippen LogP contribution in [0, 0.1) is 29.6 Å². The molecule has 0 spiro atoms. The molecule has 0 bridgehead atoms. The van der Waals surface area contributed by atoms with E-state index in [2.05, 4.69) is 4.98 Å². The highest BCUT2D eigenvalue weighted by atomic mass is 16.6. The van der Waals surface area contributed by atoms with Gasteiger partial charge in [0.15, 0.2) is 11.5 Å². The lowest BCUT2D eigenvalue weighted by atomic mass is 9.96. The summed E-state index contributed by atoms with van der Waals surface area (Å²) >= 11 is 0. The Bertz CT molecular complexity index is 1280. The van der Waals surface area contributed by atoms with E-state index in [-0.39, 0.29) is 34.0 Å². The Hall–Kier alpha value is -4.56. The molecule has 0 aliphatic rings. The molecular weight excluding hydrogens is 384 g/mol. The Morgan fingerprint density at radius 3 is 2.30 bits per heavy atom. The van der Waals surface area contributed by atoms with Crippen molar-refractivity contribution >= 4 is 11.8 Å². The van der Waals surface area contributed by atoms with Crippen molar-refractivity contribution < 1.29 is 14.3 Å². The number of carbonyl (C=O) groups is 1. The molecular formula is C22H16N4O4. The minimum Gasteiger partial charge on any atom is -0.493 e. The first-order valence-electron chi connectivity index (χ1n) is 8.72. The predicted octanol–water partition coefficient (Wildman–Crippen LogP) is 2.90. The maximum absolute atomic E-state index is 12.4. The third-order valence-corrected chi connectivity index (χ3v) is 4.41. The molecule has 0 saturated carbocycles. The normalized spacial score (nSPS) is 10.0. The number of nitrogen functional groups attached to an aromatic ring is 1. The minimum absolute atomic E-state index is 0.0439. The largest absolute Gasteiger partial charge is 0.493 e. The third kappa shape index (κ3) is 3.71. The van der Waals surface area contributed by atoms with Crippen molar-refractivity contribution in [3.63, 3.8) is 0 Å². The first-order chi connectivity index (χ1) is 14.4. The number of hydrogen-bond acceptors (Lipinski definition) is 7. The number of aromatic amines is 1. The van der Waals surface area contributed by atoms with Crippen LogP contribution in [0.15, 0.2) is 47.3 Å². The van der Waals surface area contributed by atoms with Crippen LogP contribution in [0.3, 0.4) is 0 Å². The van der Waals surface area contributed by atoms with E-state index in [1.54, 1.807) is 30.3 Å². The summed E-state index contributed by atoms with van der Waals surface area (Å²) in [6.07, 6.45) is 0. The molecule has 1 aromatic heterocycles. The number of methoxy groups -OCH3 is 1. The lowest BCUT2D eigenvalue weighted by Gasteiger charge is -2.13. The number of nitrogens with one attached hydrogen (secondary N) is 1. The highest BCUT2D eigenvalue weighted by Crippen LogP contribution is 2.36. The van der Waals surface area contributed by atoms with Gasteiger partial charge in [-0.3, -0.25) is 4.79 Å². The van der Waals surface area contributed by atoms with Gasteiger partial charge >= 0.3 is 5.97 Å². The summed E-state index contributed by atoms with van der Waals surface area (Å²) in [5.74, 6) is -0.400. The zero-order valence-electron chi connectivity index (χ0n) is 16.1. The maximum atomic E-state index is 12.4. The average Bonchev–Trinajstić information content (AvgIpc) is 2.74. The quantitative estimate of drug-likeness (QED) is 0.506. The summed E-state index contributed by atoms with van der Waals surface area (Å²) in [5, 5.41) is 18.9. The van der Waals surface area contributed by atoms with Crippen molar-refractivity contribution in [3.8, 4) is 34.8 Å². The van der Waals surface area contributed by atoms with E-state index in [9.17, 15) is 20.1 Å². The van der Waals surface area contributed by atoms with Gasteiger partial charge < -0.3 is 20.2 Å². The molecule has 0 aliphatic heterocycles. The lowest BCUT2D eigenvalue weighted by Crippen LogP contribution is -2.16. The molecule has 8 heteroatoms. The van der Waals surface area contributed by atoms with Gasteiger partial charge in [0.2, 0.25) is 0 Å². The highest BCUT2D eigenvalue weighted by Gasteiger charge is 2.20. The molecule has 0 aliphatic carbocycles. The number of esters is 1. The number of nitrogens with two attached hydrogens (primary N) is 1. The van der Waals surface area contributed by atoms with Crippen molar-refractivity contribution in [2.75, 3.05) is 12.8 Å². The number of H-pyrrole nitrogens is 1. The number of nitriles is 2. The van der Waals surface area contributed by atoms with Crippen molar-refractivity contribution in [2.45, 2.75) is 6.92 Å². The van der Waals surface area contributed by atoms with Crippen LogP contribution in [0.4, 0.5) is 5.82 Å². The van der Waals surface area contributed by atoms with E-state index >= 15 is 0 Å². The number of rotatable bonds is 4. The van der Waals surface area contributed by atoms with E-state index in [4.69, 9.17) is 15.2 Å². The van der Waals surface area contributed by atoms with Crippen LogP contribution < -0.4 is 20.8 Å². The maximum Gasteiger partial charge on any atom is 0.343 e. The summed E-state index contributed by atoms with van der Waals surface area (Å²) in [5.41, 5.74) is 6.53. The number of benzene rings is 2. The fourth-order valence-corrected chi connectivity index (χ4v) is 2.89. The van der Waals surface area contributed by atoms with Crippen LogP contribution in [0.1, 0.15) is 27.0 Å². The van der Waals surface area contributed by atoms with E-state index in [1.165, 1.54) is 25.3 Å². The van der Waals surface area contributed by atoms with Gasteiger partial charge in [-0.2, -0.15) is 10.5 Å². The van der Waals surface area contributed by atoms with Gasteiger partial charge in [0, 0.05) is 5.56 Å². The van der Waals surface area contributed by atoms with E-state index in [0.717, 1.165) is 5.56 Å². The van der Waals surface area contributed by atoms with E-state index in [0.29, 0.717) is 11.1 Å². The molecule has 2 aromatic carbocycles. The highest BCUT2D eigenvalue weighted by molar-refractivity contribution is 5.91. The van der Waals surface area contributed by atoms with Gasteiger partial charge in [0.05, 0.1) is 12.7 Å². The Balaban J connectivity index is 2.07. The van der Waals surface area contributed by atoms with Crippen LogP contribution in [-0.2, 0) is 0 Å². The second-order valence-corrected chi connectivity index (χ2v) is 6.34. The monoisotopic (exact) mass is 400 g/mol. The number of aromatic nitrogens is 1. The molecule has 0 radical (unpaired) electrons. The molecule has 30 heavy (non-hydrogen) atoms. The Kier molecular flexibility index (Phi) is 5.52. The first-order valence-corrected chi connectivity index (χ1v) is 8.72. The number of anilines is 1. The number of aryl methyl sites for hydroxylation is 1. The number of nitrogens with zero attached hydrogens (tertiary/aromatic N) is 2. The molecule has 148 valence electrons. The molecule has 8 nitrogen and oxygen atoms in total. The van der Waals surface area contributed by atoms with Crippen molar-refractivity contribution in [3.05, 3.63) is 75.1 Å². The topological polar surface area (TPSA) is 142 Å². The Morgan fingerprint density at radius 2 is 1.70 bits per heavy atom. The summed E-state index contributed by atoms with van der Waals surface area (Å²) in [7, 11) is 1.38. The van der Waals surface area contributed by atoms with Gasteiger partial charge in [-0.25, -0.2) is 4.79 Å². The van der Waals surface area contributed by atoms with Crippen LogP contribution in [0.5, 0.6) is 11.5 Å². The SMILES string of the molecule is COc1cc(-c2c(C#N)c(N)[nH]c(=O)c2C#N)ccc1OC(=O)c1ccc(C)cc1. The van der Waals surface area contributed by atoms with Gasteiger partial charge in [0.1, 0.15) is 29.1 Å². The van der Waals surface area contributed by atoms with Crippen molar-refractivity contribution in [1.29, 1.82) is 10.5 Å². The van der Waals surface area contributed by atoms with Crippen molar-refractivity contribution in [1.82, 2.24) is 4.98 Å². The lowest BCUT2D eigenvalue weighted by molar-refractivity contribution is 0.0729. The number of pyridine rings is 1. The molecule has 0 unspecified atom stereocenters. The summed E-state index contributed by atoms with van der Waals surface area (Å²) in [6, 6.07) is 15.0. The summed E-state index contributed by atoms with van der Waals surface area (Å²) < 4.78 is 10.7. The standard InChI is InChI=1S/C22H16N4O4/c1-12-3-5-13(6-4-12)22(28)30-17-8-7-14(9-18(17)29-2)19-15(10-23)20(25)26-21(27)16(19)11-24/h3-9H,1-2H3,(H3,25,26,27). The zero-order valence-corrected chi connectivity index (χ0v) is 16.1. The first kappa shape index (κ1) is 20.2. The Morgan fingerprint density at radius 1 is 1.03 bits per heavy atom. The second kappa shape index (κ2) is 8.21. The summed E-state index contributed by atoms with van der Waals surface area (Å²) in [6.45, 7) is 1.91. The van der Waals surface area contributed by atoms with Crippen LogP contribution in [0.2, 0.25) is 0 Å². The fourth-order valence-electron chi connectivity index (χ4n) is 2.89. The average molecular weight is 400 g/mol. The van der Waals surface area contributed by atoms with E-state index in [1.807, 2.05) is 13.0 Å². The van der Waals surface area contributed by atoms with Crippen LogP contribution in [0.25, 0.3) is 11.1 Å². The van der Waals surface area contributed by atoms with Crippen LogP contribution in [-0.4, -0.2) is 18.1 Å². The molecule has 3 aromatic rings. The Labute approximate surface area is 171 Å². The number of ether oxygens (including phenoxy) is 2.